The van der Waals surface area contributed by atoms with E-state index in [0.29, 0.717) is 29.4 Å². The van der Waals surface area contributed by atoms with E-state index in [1.165, 1.54) is 12.8 Å². The third-order valence-corrected chi connectivity index (χ3v) is 8.13. The van der Waals surface area contributed by atoms with Crippen molar-refractivity contribution in [3.63, 3.8) is 0 Å². The molecule has 1 aromatic carbocycles. The summed E-state index contributed by atoms with van der Waals surface area (Å²) in [7, 11) is 0. The topological polar surface area (TPSA) is 117 Å². The lowest BCUT2D eigenvalue weighted by atomic mass is 10.00. The van der Waals surface area contributed by atoms with Gasteiger partial charge in [-0.1, -0.05) is 30.9 Å². The van der Waals surface area contributed by atoms with Crippen LogP contribution in [-0.2, 0) is 4.74 Å². The molecule has 3 aliphatic rings. The maximum absolute atomic E-state index is 10.3. The van der Waals surface area contributed by atoms with Crippen molar-refractivity contribution in [1.82, 2.24) is 25.1 Å². The van der Waals surface area contributed by atoms with Gasteiger partial charge in [-0.2, -0.15) is 0 Å². The first-order valence-electron chi connectivity index (χ1n) is 14.2. The van der Waals surface area contributed by atoms with Gasteiger partial charge in [0.05, 0.1) is 30.1 Å². The Morgan fingerprint density at radius 2 is 1.80 bits per heavy atom. The van der Waals surface area contributed by atoms with Gasteiger partial charge in [0.15, 0.2) is 5.82 Å². The fraction of sp³-hybridized carbons (Fsp3) is 0.467. The third kappa shape index (κ3) is 5.81. The van der Waals surface area contributed by atoms with Crippen molar-refractivity contribution in [2.24, 2.45) is 0 Å². The summed E-state index contributed by atoms with van der Waals surface area (Å²) in [5.41, 5.74) is 8.36. The highest BCUT2D eigenvalue weighted by atomic mass is 16.5. The molecule has 6 rings (SSSR count). The second-order valence-corrected chi connectivity index (χ2v) is 10.8. The first-order valence-corrected chi connectivity index (χ1v) is 14.2. The number of phenols is 1. The number of phenolic OH excluding ortho intramolecular Hbond substituents is 1. The monoisotopic (exact) mass is 540 g/mol. The molecule has 4 heterocycles. The summed E-state index contributed by atoms with van der Waals surface area (Å²) in [4.78, 5) is 16.1. The maximum atomic E-state index is 10.3. The highest BCUT2D eigenvalue weighted by molar-refractivity contribution is 5.74. The van der Waals surface area contributed by atoms with Crippen LogP contribution in [-0.4, -0.2) is 88.2 Å². The Kier molecular flexibility index (Phi) is 7.66. The maximum Gasteiger partial charge on any atom is 0.206 e. The molecule has 10 heteroatoms. The normalized spacial score (nSPS) is 19.3. The Morgan fingerprint density at radius 1 is 0.975 bits per heavy atom. The van der Waals surface area contributed by atoms with Crippen LogP contribution in [0.5, 0.6) is 5.75 Å². The molecule has 0 radical (unpaired) electrons. The number of nitrogen functional groups attached to an aromatic ring is 1. The summed E-state index contributed by atoms with van der Waals surface area (Å²) >= 11 is 0. The molecule has 2 aromatic heterocycles. The Bertz CT molecular complexity index is 1400. The lowest BCUT2D eigenvalue weighted by Crippen LogP contribution is -2.50. The molecule has 3 N–H and O–H groups in total. The molecule has 1 saturated carbocycles. The second-order valence-electron chi connectivity index (χ2n) is 10.8. The number of nitrogens with two attached hydrogens (primary N) is 1. The molecule has 0 atom stereocenters. The molecular formula is C30H36N8O2. The molecule has 1 aliphatic carbocycles. The van der Waals surface area contributed by atoms with Gasteiger partial charge in [0.1, 0.15) is 11.6 Å². The number of nitrogens with zero attached hydrogens (tertiary/aromatic N) is 7. The minimum atomic E-state index is 0.0544. The van der Waals surface area contributed by atoms with Gasteiger partial charge >= 0.3 is 0 Å². The van der Waals surface area contributed by atoms with Crippen LogP contribution in [0.1, 0.15) is 37.9 Å². The van der Waals surface area contributed by atoms with E-state index in [1.54, 1.807) is 18.3 Å². The summed E-state index contributed by atoms with van der Waals surface area (Å²) < 4.78 is 6.14. The van der Waals surface area contributed by atoms with E-state index >= 15 is 0 Å². The van der Waals surface area contributed by atoms with Crippen molar-refractivity contribution in [1.29, 1.82) is 0 Å². The third-order valence-electron chi connectivity index (χ3n) is 8.13. The number of aromatic hydroxyl groups is 1. The number of hydrogen-bond donors (Lipinski definition) is 2. The number of para-hydroxylation sites is 1. The number of aromatic nitrogens is 4. The zero-order valence-electron chi connectivity index (χ0n) is 22.8. The number of hydrogen-bond acceptors (Lipinski definition) is 10. The Balaban J connectivity index is 1.10. The van der Waals surface area contributed by atoms with Crippen LogP contribution in [0.2, 0.25) is 0 Å². The number of ether oxygens (including phenoxy) is 1. The summed E-state index contributed by atoms with van der Waals surface area (Å²) in [6.07, 6.45) is 7.58. The molecule has 2 saturated heterocycles. The van der Waals surface area contributed by atoms with Crippen molar-refractivity contribution in [2.45, 2.75) is 37.7 Å². The zero-order chi connectivity index (χ0) is 27.4. The summed E-state index contributed by atoms with van der Waals surface area (Å²) in [5.74, 6) is 8.48. The fourth-order valence-corrected chi connectivity index (χ4v) is 6.05. The predicted molar refractivity (Wildman–Crippen MR) is 155 cm³/mol. The quantitative estimate of drug-likeness (QED) is 0.479. The van der Waals surface area contributed by atoms with E-state index in [2.05, 4.69) is 41.7 Å². The highest BCUT2D eigenvalue weighted by Crippen LogP contribution is 2.36. The second kappa shape index (κ2) is 11.7. The Hall–Kier alpha value is -3.94. The van der Waals surface area contributed by atoms with E-state index in [1.807, 2.05) is 24.3 Å². The van der Waals surface area contributed by atoms with Gasteiger partial charge in [0.25, 0.3) is 0 Å². The number of anilines is 3. The summed E-state index contributed by atoms with van der Waals surface area (Å²) in [6, 6.07) is 11.0. The van der Waals surface area contributed by atoms with Gasteiger partial charge in [-0.05, 0) is 49.4 Å². The van der Waals surface area contributed by atoms with Crippen molar-refractivity contribution >= 4 is 17.3 Å². The van der Waals surface area contributed by atoms with Gasteiger partial charge in [0, 0.05) is 51.0 Å². The van der Waals surface area contributed by atoms with Crippen molar-refractivity contribution in [3.8, 4) is 28.8 Å². The average molecular weight is 541 g/mol. The summed E-state index contributed by atoms with van der Waals surface area (Å²) in [6.45, 7) is 6.60. The number of morpholine rings is 1. The Labute approximate surface area is 235 Å². The lowest BCUT2D eigenvalue weighted by molar-refractivity contribution is -0.101. The van der Waals surface area contributed by atoms with Crippen LogP contribution in [0, 0.1) is 11.8 Å². The molecule has 0 amide bonds. The summed E-state index contributed by atoms with van der Waals surface area (Å²) in [5, 5.41) is 18.7. The van der Waals surface area contributed by atoms with Crippen molar-refractivity contribution < 1.29 is 9.84 Å². The smallest absolute Gasteiger partial charge is 0.206 e. The molecule has 3 fully saturated rings. The van der Waals surface area contributed by atoms with E-state index in [-0.39, 0.29) is 11.4 Å². The first-order chi connectivity index (χ1) is 19.6. The van der Waals surface area contributed by atoms with Crippen LogP contribution in [0.25, 0.3) is 11.3 Å². The van der Waals surface area contributed by atoms with Gasteiger partial charge in [0.2, 0.25) is 5.82 Å². The van der Waals surface area contributed by atoms with Crippen molar-refractivity contribution in [2.75, 3.05) is 68.0 Å². The molecule has 0 unspecified atom stereocenters. The first kappa shape index (κ1) is 26.3. The minimum absolute atomic E-state index is 0.0544. The molecule has 3 aromatic rings. The molecule has 1 spiro atoms. The SMILES string of the molecule is Nc1nnc(-c2ccccc2O)cc1N1CCCN(c2ccnc(C#CCN3CCOC4(CCCC4)C3)n2)CC1. The van der Waals surface area contributed by atoms with Crippen LogP contribution in [0.15, 0.2) is 42.6 Å². The van der Waals surface area contributed by atoms with E-state index in [0.717, 1.165) is 76.6 Å². The van der Waals surface area contributed by atoms with E-state index in [9.17, 15) is 5.11 Å². The van der Waals surface area contributed by atoms with E-state index < -0.39 is 0 Å². The van der Waals surface area contributed by atoms with Gasteiger partial charge in [-0.25, -0.2) is 9.97 Å². The van der Waals surface area contributed by atoms with Crippen LogP contribution >= 0.6 is 0 Å². The van der Waals surface area contributed by atoms with Crippen molar-refractivity contribution in [3.05, 3.63) is 48.4 Å². The highest BCUT2D eigenvalue weighted by Gasteiger charge is 2.38. The lowest BCUT2D eigenvalue weighted by Gasteiger charge is -2.39. The molecule has 2 aliphatic heterocycles. The molecule has 0 bridgehead atoms. The van der Waals surface area contributed by atoms with Gasteiger partial charge in [-0.3, -0.25) is 4.90 Å². The average Bonchev–Trinajstić information content (AvgIpc) is 3.26. The van der Waals surface area contributed by atoms with Gasteiger partial charge in [-0.15, -0.1) is 10.2 Å². The largest absolute Gasteiger partial charge is 0.507 e. The molecular weight excluding hydrogens is 504 g/mol. The standard InChI is InChI=1S/C30H36N8O2/c31-29-25(21-24(34-35-29)23-7-1-2-8-26(23)39)37-15-6-16-38(18-17-37)28-10-13-32-27(33-28)9-5-14-36-19-20-40-30(22-36)11-3-4-12-30/h1-2,7-8,10,13,21,39H,3-4,6,11-12,14-20,22H2,(H2,31,35). The van der Waals surface area contributed by atoms with Crippen LogP contribution in [0.4, 0.5) is 17.3 Å². The molecule has 10 nitrogen and oxygen atoms in total. The van der Waals surface area contributed by atoms with Crippen LogP contribution < -0.4 is 15.5 Å². The number of rotatable bonds is 4. The van der Waals surface area contributed by atoms with Gasteiger partial charge < -0.3 is 25.4 Å². The molecule has 208 valence electrons. The van der Waals surface area contributed by atoms with E-state index in [4.69, 9.17) is 15.5 Å². The zero-order valence-corrected chi connectivity index (χ0v) is 22.8. The minimum Gasteiger partial charge on any atom is -0.507 e. The predicted octanol–water partition coefficient (Wildman–Crippen LogP) is 2.93. The van der Waals surface area contributed by atoms with Crippen LogP contribution in [0.3, 0.4) is 0 Å². The fourth-order valence-electron chi connectivity index (χ4n) is 6.05. The molecule has 40 heavy (non-hydrogen) atoms. The Morgan fingerprint density at radius 3 is 2.67 bits per heavy atom. The number of benzene rings is 1.